The summed E-state index contributed by atoms with van der Waals surface area (Å²) < 4.78 is 0. The fourth-order valence-electron chi connectivity index (χ4n) is 8.58. The molecule has 3 N–H and O–H groups in total. The van der Waals surface area contributed by atoms with E-state index in [-0.39, 0.29) is 30.0 Å². The Hall–Kier alpha value is -4.87. The largest absolute Gasteiger partial charge is 0.357 e. The van der Waals surface area contributed by atoms with Crippen molar-refractivity contribution in [3.05, 3.63) is 94.3 Å². The SMILES string of the molecule is CN1CCC[C@@H]1c1cc2cnc(NC(=O)c3ccc(CCCN4CCC(c5cccc6c5CN(C5CCC(=O)NC5=O)C6=O)CC4)cc3)cc2[nH]1. The van der Waals surface area contributed by atoms with Crippen LogP contribution in [0.15, 0.2) is 60.8 Å². The Morgan fingerprint density at radius 3 is 2.55 bits per heavy atom. The number of carbonyl (C=O) groups excluding carboxylic acids is 4. The lowest BCUT2D eigenvalue weighted by molar-refractivity contribution is -0.136. The number of anilines is 1. The van der Waals surface area contributed by atoms with Crippen LogP contribution in [-0.4, -0.2) is 87.6 Å². The van der Waals surface area contributed by atoms with E-state index in [0.717, 1.165) is 74.7 Å². The molecule has 8 rings (SSSR count). The number of rotatable bonds is 9. The molecule has 51 heavy (non-hydrogen) atoms. The van der Waals surface area contributed by atoms with E-state index < -0.39 is 6.04 Å². The first-order chi connectivity index (χ1) is 24.8. The lowest BCUT2D eigenvalue weighted by atomic mass is 9.85. The molecule has 0 saturated carbocycles. The van der Waals surface area contributed by atoms with Crippen molar-refractivity contribution in [3.63, 3.8) is 0 Å². The number of fused-ring (bicyclic) bond motifs is 2. The zero-order chi connectivity index (χ0) is 35.1. The van der Waals surface area contributed by atoms with E-state index in [1.165, 1.54) is 23.2 Å². The van der Waals surface area contributed by atoms with Gasteiger partial charge in [-0.3, -0.25) is 29.4 Å². The second-order valence-corrected chi connectivity index (χ2v) is 14.7. The van der Waals surface area contributed by atoms with E-state index in [2.05, 4.69) is 49.6 Å². The Morgan fingerprint density at radius 2 is 1.78 bits per heavy atom. The molecule has 264 valence electrons. The standard InChI is InChI=1S/C40H45N7O4/c1-45-17-4-8-34(45)33-21-28-23-41-36(22-32(28)42-33)43-38(49)27-11-9-25(10-12-27)5-3-18-46-19-15-26(16-20-46)29-6-2-7-30-31(29)24-47(40(30)51)35-13-14-37(48)44-39(35)50/h2,6-7,9-12,21-23,26,34-35,42H,3-5,8,13-20,24H2,1H3,(H,41,43,49)(H,44,48,50)/t34-,35?/m1/s1. The van der Waals surface area contributed by atoms with Gasteiger partial charge in [0.2, 0.25) is 11.8 Å². The van der Waals surface area contributed by atoms with Gasteiger partial charge in [0.1, 0.15) is 11.9 Å². The predicted octanol–water partition coefficient (Wildman–Crippen LogP) is 5.16. The molecule has 2 aromatic heterocycles. The van der Waals surface area contributed by atoms with Gasteiger partial charge in [0.15, 0.2) is 0 Å². The van der Waals surface area contributed by atoms with Crippen LogP contribution in [0, 0.1) is 0 Å². The van der Waals surface area contributed by atoms with Crippen LogP contribution < -0.4 is 10.6 Å². The van der Waals surface area contributed by atoms with Crippen LogP contribution in [0.5, 0.6) is 0 Å². The molecule has 4 aliphatic heterocycles. The maximum absolute atomic E-state index is 13.3. The Bertz CT molecular complexity index is 1980. The number of imide groups is 1. The van der Waals surface area contributed by atoms with Crippen LogP contribution in [0.1, 0.15) is 100 Å². The van der Waals surface area contributed by atoms with Crippen LogP contribution in [0.4, 0.5) is 5.82 Å². The van der Waals surface area contributed by atoms with Crippen molar-refractivity contribution in [2.24, 2.45) is 0 Å². The maximum atomic E-state index is 13.3. The lowest BCUT2D eigenvalue weighted by Crippen LogP contribution is -2.52. The minimum atomic E-state index is -0.592. The van der Waals surface area contributed by atoms with Gasteiger partial charge < -0.3 is 20.1 Å². The molecule has 0 spiro atoms. The summed E-state index contributed by atoms with van der Waals surface area (Å²) in [7, 11) is 2.16. The lowest BCUT2D eigenvalue weighted by Gasteiger charge is -2.33. The Morgan fingerprint density at radius 1 is 0.961 bits per heavy atom. The predicted molar refractivity (Wildman–Crippen MR) is 194 cm³/mol. The molecule has 4 amide bonds. The van der Waals surface area contributed by atoms with Crippen LogP contribution in [0.3, 0.4) is 0 Å². The summed E-state index contributed by atoms with van der Waals surface area (Å²) >= 11 is 0. The molecule has 4 aromatic rings. The molecule has 11 nitrogen and oxygen atoms in total. The number of aromatic nitrogens is 2. The highest BCUT2D eigenvalue weighted by Crippen LogP contribution is 2.37. The molecule has 3 fully saturated rings. The number of hydrogen-bond donors (Lipinski definition) is 3. The summed E-state index contributed by atoms with van der Waals surface area (Å²) in [5.74, 6) is -0.0141. The molecule has 0 bridgehead atoms. The second kappa shape index (κ2) is 14.0. The minimum absolute atomic E-state index is 0.111. The quantitative estimate of drug-likeness (QED) is 0.208. The number of aryl methyl sites for hydroxylation is 1. The van der Waals surface area contributed by atoms with Crippen LogP contribution in [0.2, 0.25) is 0 Å². The third-order valence-corrected chi connectivity index (χ3v) is 11.4. The van der Waals surface area contributed by atoms with Crippen molar-refractivity contribution in [2.45, 2.75) is 75.9 Å². The Kier molecular flexibility index (Phi) is 9.16. The molecule has 0 aliphatic carbocycles. The molecular formula is C40H45N7O4. The average Bonchev–Trinajstić information content (AvgIpc) is 3.85. The topological polar surface area (TPSA) is 131 Å². The number of carbonyl (C=O) groups is 4. The van der Waals surface area contributed by atoms with Crippen molar-refractivity contribution in [1.82, 2.24) is 30.0 Å². The number of hydrogen-bond acceptors (Lipinski definition) is 7. The first kappa shape index (κ1) is 33.3. The van der Waals surface area contributed by atoms with Crippen molar-refractivity contribution >= 4 is 40.3 Å². The van der Waals surface area contributed by atoms with Gasteiger partial charge in [-0.25, -0.2) is 4.98 Å². The number of amides is 4. The van der Waals surface area contributed by atoms with Crippen LogP contribution in [0.25, 0.3) is 10.9 Å². The molecule has 2 aromatic carbocycles. The smallest absolute Gasteiger partial charge is 0.256 e. The molecule has 4 aliphatic rings. The molecular weight excluding hydrogens is 642 g/mol. The zero-order valence-corrected chi connectivity index (χ0v) is 29.1. The molecule has 11 heteroatoms. The van der Waals surface area contributed by atoms with E-state index in [1.54, 1.807) is 4.90 Å². The fraction of sp³-hybridized carbons (Fsp3) is 0.425. The van der Waals surface area contributed by atoms with Crippen molar-refractivity contribution in [1.29, 1.82) is 0 Å². The highest BCUT2D eigenvalue weighted by Gasteiger charge is 2.40. The molecule has 1 unspecified atom stereocenters. The number of aromatic amines is 1. The summed E-state index contributed by atoms with van der Waals surface area (Å²) in [6.45, 7) is 4.54. The van der Waals surface area contributed by atoms with Gasteiger partial charge in [-0.05, 0) is 125 Å². The number of H-pyrrole nitrogens is 1. The van der Waals surface area contributed by atoms with Gasteiger partial charge in [0, 0.05) is 53.5 Å². The van der Waals surface area contributed by atoms with Crippen LogP contribution >= 0.6 is 0 Å². The zero-order valence-electron chi connectivity index (χ0n) is 29.1. The van der Waals surface area contributed by atoms with E-state index in [0.29, 0.717) is 41.9 Å². The van der Waals surface area contributed by atoms with E-state index >= 15 is 0 Å². The number of nitrogens with zero attached hydrogens (tertiary/aromatic N) is 4. The molecule has 0 radical (unpaired) electrons. The summed E-state index contributed by atoms with van der Waals surface area (Å²) in [5.41, 5.74) is 6.96. The number of likely N-dealkylation sites (tertiary alicyclic amines) is 2. The molecule has 3 saturated heterocycles. The van der Waals surface area contributed by atoms with Crippen molar-refractivity contribution < 1.29 is 19.2 Å². The first-order valence-electron chi connectivity index (χ1n) is 18.4. The maximum Gasteiger partial charge on any atom is 0.256 e. The Balaban J connectivity index is 0.803. The van der Waals surface area contributed by atoms with Gasteiger partial charge in [-0.1, -0.05) is 24.3 Å². The summed E-state index contributed by atoms with van der Waals surface area (Å²) in [5, 5.41) is 6.41. The number of pyridine rings is 1. The number of nitrogens with one attached hydrogen (secondary N) is 3. The second-order valence-electron chi connectivity index (χ2n) is 14.7. The first-order valence-corrected chi connectivity index (χ1v) is 18.4. The van der Waals surface area contributed by atoms with E-state index in [9.17, 15) is 19.2 Å². The van der Waals surface area contributed by atoms with Gasteiger partial charge in [0.25, 0.3) is 11.8 Å². The molecule has 6 heterocycles. The third-order valence-electron chi connectivity index (χ3n) is 11.4. The van der Waals surface area contributed by atoms with Gasteiger partial charge >= 0.3 is 0 Å². The Labute approximate surface area is 297 Å². The minimum Gasteiger partial charge on any atom is -0.357 e. The highest BCUT2D eigenvalue weighted by molar-refractivity contribution is 6.06. The van der Waals surface area contributed by atoms with E-state index in [1.807, 2.05) is 48.7 Å². The molecule has 2 atom stereocenters. The number of benzene rings is 2. The average molecular weight is 688 g/mol. The van der Waals surface area contributed by atoms with E-state index in [4.69, 9.17) is 0 Å². The van der Waals surface area contributed by atoms with Gasteiger partial charge in [-0.2, -0.15) is 0 Å². The monoisotopic (exact) mass is 687 g/mol. The fourth-order valence-corrected chi connectivity index (χ4v) is 8.58. The highest BCUT2D eigenvalue weighted by atomic mass is 16.2. The summed E-state index contributed by atoms with van der Waals surface area (Å²) in [6, 6.07) is 17.7. The van der Waals surface area contributed by atoms with Crippen molar-refractivity contribution in [2.75, 3.05) is 38.5 Å². The summed E-state index contributed by atoms with van der Waals surface area (Å²) in [4.78, 5) is 65.1. The third kappa shape index (κ3) is 6.80. The van der Waals surface area contributed by atoms with Crippen molar-refractivity contribution in [3.8, 4) is 0 Å². The normalized spacial score (nSPS) is 21.7. The van der Waals surface area contributed by atoms with Gasteiger partial charge in [0.05, 0.1) is 5.52 Å². The summed E-state index contributed by atoms with van der Waals surface area (Å²) in [6.07, 6.45) is 8.83. The van der Waals surface area contributed by atoms with Crippen LogP contribution in [-0.2, 0) is 22.6 Å². The number of piperidine rings is 2. The van der Waals surface area contributed by atoms with Gasteiger partial charge in [-0.15, -0.1) is 0 Å².